The van der Waals surface area contributed by atoms with Crippen LogP contribution in [-0.2, 0) is 0 Å². The van der Waals surface area contributed by atoms with Crippen LogP contribution >= 0.6 is 22.9 Å². The van der Waals surface area contributed by atoms with E-state index < -0.39 is 0 Å². The van der Waals surface area contributed by atoms with Gasteiger partial charge in [-0.1, -0.05) is 20.8 Å². The number of aromatic nitrogens is 2. The van der Waals surface area contributed by atoms with Crippen molar-refractivity contribution in [2.75, 3.05) is 11.9 Å². The molecular weight excluding hydrogens is 266 g/mol. The van der Waals surface area contributed by atoms with Gasteiger partial charge in [0.2, 0.25) is 5.28 Å². The van der Waals surface area contributed by atoms with Crippen molar-refractivity contribution in [3.05, 3.63) is 16.2 Å². The summed E-state index contributed by atoms with van der Waals surface area (Å²) < 4.78 is 0. The minimum absolute atomic E-state index is 0.245. The molecule has 0 amide bonds. The third-order valence-corrected chi connectivity index (χ3v) is 4.29. The molecule has 18 heavy (non-hydrogen) atoms. The van der Waals surface area contributed by atoms with E-state index >= 15 is 0 Å². The summed E-state index contributed by atoms with van der Waals surface area (Å²) >= 11 is 7.61. The van der Waals surface area contributed by atoms with Crippen LogP contribution in [0.15, 0.2) is 6.07 Å². The summed E-state index contributed by atoms with van der Waals surface area (Å²) in [5.41, 5.74) is 0.245. The molecular formula is C13H18ClN3S. The first-order valence-corrected chi connectivity index (χ1v) is 7.28. The van der Waals surface area contributed by atoms with E-state index in [4.69, 9.17) is 11.6 Å². The van der Waals surface area contributed by atoms with Crippen LogP contribution in [-0.4, -0.2) is 16.5 Å². The first-order valence-electron chi connectivity index (χ1n) is 6.09. The van der Waals surface area contributed by atoms with E-state index in [0.29, 0.717) is 5.28 Å². The maximum Gasteiger partial charge on any atom is 0.225 e. The summed E-state index contributed by atoms with van der Waals surface area (Å²) in [4.78, 5) is 10.7. The van der Waals surface area contributed by atoms with Crippen molar-refractivity contribution in [3.63, 3.8) is 0 Å². The standard InChI is InChI=1S/C13H18ClN3S/c1-5-13(3,4)7-15-10-9-6-8(2)18-11(9)17-12(14)16-10/h6H,5,7H2,1-4H3,(H,15,16,17). The number of thiophene rings is 1. The highest BCUT2D eigenvalue weighted by Gasteiger charge is 2.16. The Kier molecular flexibility index (Phi) is 3.78. The lowest BCUT2D eigenvalue weighted by Gasteiger charge is -2.23. The molecule has 5 heteroatoms. The van der Waals surface area contributed by atoms with Crippen molar-refractivity contribution in [3.8, 4) is 0 Å². The van der Waals surface area contributed by atoms with Crippen LogP contribution in [0.25, 0.3) is 10.2 Å². The highest BCUT2D eigenvalue weighted by Crippen LogP contribution is 2.30. The molecule has 0 bridgehead atoms. The molecule has 0 aliphatic carbocycles. The van der Waals surface area contributed by atoms with Gasteiger partial charge in [0.05, 0.1) is 5.39 Å². The summed E-state index contributed by atoms with van der Waals surface area (Å²) in [7, 11) is 0. The molecule has 0 aromatic carbocycles. The molecule has 0 spiro atoms. The maximum atomic E-state index is 5.96. The van der Waals surface area contributed by atoms with Gasteiger partial charge in [0.15, 0.2) is 0 Å². The van der Waals surface area contributed by atoms with Gasteiger partial charge in [-0.2, -0.15) is 0 Å². The van der Waals surface area contributed by atoms with Gasteiger partial charge in [-0.15, -0.1) is 11.3 Å². The zero-order chi connectivity index (χ0) is 13.3. The van der Waals surface area contributed by atoms with E-state index in [-0.39, 0.29) is 5.41 Å². The van der Waals surface area contributed by atoms with Gasteiger partial charge in [-0.3, -0.25) is 0 Å². The fraction of sp³-hybridized carbons (Fsp3) is 0.538. The van der Waals surface area contributed by atoms with E-state index in [9.17, 15) is 0 Å². The number of aryl methyl sites for hydroxylation is 1. The molecule has 2 aromatic heterocycles. The second-order valence-corrected chi connectivity index (χ2v) is 6.86. The average Bonchev–Trinajstić information content (AvgIpc) is 2.66. The number of rotatable bonds is 4. The largest absolute Gasteiger partial charge is 0.369 e. The Bertz CT molecular complexity index is 563. The Morgan fingerprint density at radius 3 is 2.78 bits per heavy atom. The molecule has 0 radical (unpaired) electrons. The van der Waals surface area contributed by atoms with Gasteiger partial charge in [0, 0.05) is 11.4 Å². The van der Waals surface area contributed by atoms with Crippen molar-refractivity contribution < 1.29 is 0 Å². The van der Waals surface area contributed by atoms with Crippen LogP contribution in [0.5, 0.6) is 0 Å². The van der Waals surface area contributed by atoms with Crippen molar-refractivity contribution in [2.45, 2.75) is 34.1 Å². The number of anilines is 1. The molecule has 0 saturated carbocycles. The summed E-state index contributed by atoms with van der Waals surface area (Å²) in [6.07, 6.45) is 1.12. The summed E-state index contributed by atoms with van der Waals surface area (Å²) in [5, 5.41) is 4.77. The Hall–Kier alpha value is -0.870. The zero-order valence-corrected chi connectivity index (χ0v) is 12.7. The Morgan fingerprint density at radius 1 is 1.39 bits per heavy atom. The van der Waals surface area contributed by atoms with Crippen LogP contribution in [0.3, 0.4) is 0 Å². The van der Waals surface area contributed by atoms with Gasteiger partial charge in [-0.25, -0.2) is 9.97 Å². The molecule has 1 N–H and O–H groups in total. The number of halogens is 1. The van der Waals surface area contributed by atoms with E-state index in [1.165, 1.54) is 4.88 Å². The molecule has 98 valence electrons. The van der Waals surface area contributed by atoms with Crippen LogP contribution in [0, 0.1) is 12.3 Å². The van der Waals surface area contributed by atoms with Crippen molar-refractivity contribution in [2.24, 2.45) is 5.41 Å². The second kappa shape index (κ2) is 5.02. The Balaban J connectivity index is 2.32. The third-order valence-electron chi connectivity index (χ3n) is 3.18. The van der Waals surface area contributed by atoms with Crippen molar-refractivity contribution in [1.29, 1.82) is 0 Å². The number of hydrogen-bond acceptors (Lipinski definition) is 4. The minimum Gasteiger partial charge on any atom is -0.369 e. The first-order chi connectivity index (χ1) is 8.41. The SMILES string of the molecule is CCC(C)(C)CNc1nc(Cl)nc2sc(C)cc12. The van der Waals surface area contributed by atoms with Crippen LogP contribution in [0.1, 0.15) is 32.1 Å². The fourth-order valence-electron chi connectivity index (χ4n) is 1.60. The third kappa shape index (κ3) is 2.93. The molecule has 0 saturated heterocycles. The van der Waals surface area contributed by atoms with E-state index in [1.807, 2.05) is 0 Å². The van der Waals surface area contributed by atoms with E-state index in [1.54, 1.807) is 11.3 Å². The van der Waals surface area contributed by atoms with Gasteiger partial charge in [-0.05, 0) is 36.4 Å². The van der Waals surface area contributed by atoms with Gasteiger partial charge in [0.1, 0.15) is 10.6 Å². The number of hydrogen-bond donors (Lipinski definition) is 1. The van der Waals surface area contributed by atoms with Gasteiger partial charge in [0.25, 0.3) is 0 Å². The minimum atomic E-state index is 0.245. The summed E-state index contributed by atoms with van der Waals surface area (Å²) in [6.45, 7) is 9.61. The Labute approximate surface area is 117 Å². The van der Waals surface area contributed by atoms with Crippen molar-refractivity contribution >= 4 is 39.0 Å². The highest BCUT2D eigenvalue weighted by molar-refractivity contribution is 7.18. The molecule has 0 unspecified atom stereocenters. The van der Waals surface area contributed by atoms with E-state index in [2.05, 4.69) is 49.0 Å². The Morgan fingerprint density at radius 2 is 2.11 bits per heavy atom. The molecule has 2 rings (SSSR count). The molecule has 2 aromatic rings. The van der Waals surface area contributed by atoms with Crippen LogP contribution < -0.4 is 5.32 Å². The number of nitrogens with zero attached hydrogens (tertiary/aromatic N) is 2. The molecule has 0 aliphatic heterocycles. The van der Waals surface area contributed by atoms with E-state index in [0.717, 1.165) is 29.0 Å². The molecule has 0 atom stereocenters. The maximum absolute atomic E-state index is 5.96. The fourth-order valence-corrected chi connectivity index (χ4v) is 2.70. The lowest BCUT2D eigenvalue weighted by atomic mass is 9.90. The normalized spacial score (nSPS) is 12.1. The zero-order valence-electron chi connectivity index (χ0n) is 11.2. The summed E-state index contributed by atoms with van der Waals surface area (Å²) in [5.74, 6) is 0.843. The van der Waals surface area contributed by atoms with Crippen molar-refractivity contribution in [1.82, 2.24) is 9.97 Å². The highest BCUT2D eigenvalue weighted by atomic mass is 35.5. The first kappa shape index (κ1) is 13.6. The number of nitrogens with one attached hydrogen (secondary N) is 1. The predicted octanol–water partition coefficient (Wildman–Crippen LogP) is 4.50. The quantitative estimate of drug-likeness (QED) is 0.840. The van der Waals surface area contributed by atoms with Crippen LogP contribution in [0.4, 0.5) is 5.82 Å². The lowest BCUT2D eigenvalue weighted by molar-refractivity contribution is 0.376. The molecule has 0 aliphatic rings. The molecule has 3 nitrogen and oxygen atoms in total. The molecule has 0 fully saturated rings. The topological polar surface area (TPSA) is 37.8 Å². The smallest absolute Gasteiger partial charge is 0.225 e. The van der Waals surface area contributed by atoms with Gasteiger partial charge < -0.3 is 5.32 Å². The average molecular weight is 284 g/mol. The second-order valence-electron chi connectivity index (χ2n) is 5.29. The number of fused-ring (bicyclic) bond motifs is 1. The van der Waals surface area contributed by atoms with Crippen LogP contribution in [0.2, 0.25) is 5.28 Å². The molecule has 2 heterocycles. The lowest BCUT2D eigenvalue weighted by Crippen LogP contribution is -2.22. The monoisotopic (exact) mass is 283 g/mol. The summed E-state index contributed by atoms with van der Waals surface area (Å²) in [6, 6.07) is 2.11. The van der Waals surface area contributed by atoms with Gasteiger partial charge >= 0.3 is 0 Å². The predicted molar refractivity (Wildman–Crippen MR) is 79.7 cm³/mol.